The van der Waals surface area contributed by atoms with E-state index < -0.39 is 0 Å². The molecule has 0 aliphatic carbocycles. The van der Waals surface area contributed by atoms with Gasteiger partial charge in [0.1, 0.15) is 0 Å². The molecule has 1 aliphatic rings. The number of rotatable bonds is 3. The average Bonchev–Trinajstić information content (AvgIpc) is 3.06. The molecule has 0 saturated carbocycles. The van der Waals surface area contributed by atoms with Crippen molar-refractivity contribution < 1.29 is 4.79 Å². The molecule has 0 bridgehead atoms. The molecule has 2 aromatic rings. The van der Waals surface area contributed by atoms with Crippen LogP contribution in [-0.2, 0) is 4.79 Å². The summed E-state index contributed by atoms with van der Waals surface area (Å²) in [4.78, 5) is 13.6. The van der Waals surface area contributed by atoms with Crippen LogP contribution in [-0.4, -0.2) is 18.5 Å². The summed E-state index contributed by atoms with van der Waals surface area (Å²) in [6.07, 6.45) is 0.935. The summed E-state index contributed by atoms with van der Waals surface area (Å²) < 4.78 is 0. The van der Waals surface area contributed by atoms with Crippen molar-refractivity contribution in [2.45, 2.75) is 18.4 Å². The highest BCUT2D eigenvalue weighted by Crippen LogP contribution is 2.34. The summed E-state index contributed by atoms with van der Waals surface area (Å²) in [5.74, 6) is 0.131. The minimum absolute atomic E-state index is 0.0377. The Hall–Kier alpha value is -1.07. The molecule has 6 heteroatoms. The maximum absolute atomic E-state index is 12.5. The minimum Gasteiger partial charge on any atom is -0.325 e. The Labute approximate surface area is 137 Å². The van der Waals surface area contributed by atoms with Crippen molar-refractivity contribution in [2.24, 2.45) is 0 Å². The van der Waals surface area contributed by atoms with Gasteiger partial charge in [0, 0.05) is 26.9 Å². The molecule has 0 spiro atoms. The fourth-order valence-corrected chi connectivity index (χ4v) is 4.04. The molecule has 1 aromatic heterocycles. The van der Waals surface area contributed by atoms with Gasteiger partial charge in [0.2, 0.25) is 5.91 Å². The highest BCUT2D eigenvalue weighted by molar-refractivity contribution is 7.10. The Morgan fingerprint density at radius 2 is 2.14 bits per heavy atom. The van der Waals surface area contributed by atoms with Crippen molar-refractivity contribution in [3.8, 4) is 0 Å². The van der Waals surface area contributed by atoms with E-state index in [-0.39, 0.29) is 17.9 Å². The van der Waals surface area contributed by atoms with Gasteiger partial charge in [0.15, 0.2) is 0 Å². The van der Waals surface area contributed by atoms with E-state index in [1.165, 1.54) is 0 Å². The number of carbonyl (C=O) groups is 1. The summed E-state index contributed by atoms with van der Waals surface area (Å²) in [7, 11) is 0. The van der Waals surface area contributed by atoms with E-state index >= 15 is 0 Å². The molecular weight excluding hydrogens is 327 g/mol. The maximum atomic E-state index is 12.5. The summed E-state index contributed by atoms with van der Waals surface area (Å²) >= 11 is 13.5. The van der Waals surface area contributed by atoms with Crippen LogP contribution in [0.1, 0.15) is 17.2 Å². The number of thiophene rings is 1. The first-order chi connectivity index (χ1) is 10.1. The van der Waals surface area contributed by atoms with Gasteiger partial charge < -0.3 is 10.6 Å². The lowest BCUT2D eigenvalue weighted by Gasteiger charge is -2.18. The summed E-state index contributed by atoms with van der Waals surface area (Å²) in [6, 6.07) is 8.88. The topological polar surface area (TPSA) is 41.1 Å². The number of nitrogens with one attached hydrogen (secondary N) is 2. The second kappa shape index (κ2) is 6.36. The van der Waals surface area contributed by atoms with Crippen LogP contribution >= 0.6 is 34.5 Å². The summed E-state index contributed by atoms with van der Waals surface area (Å²) in [5, 5.41) is 9.43. The molecule has 1 aliphatic heterocycles. The molecular formula is C15H14Cl2N2OS. The van der Waals surface area contributed by atoms with Gasteiger partial charge in [-0.05, 0) is 37.2 Å². The lowest BCUT2D eigenvalue weighted by atomic mass is 9.98. The Bertz CT molecular complexity index is 659. The number of amides is 1. The van der Waals surface area contributed by atoms with E-state index in [9.17, 15) is 4.79 Å². The SMILES string of the molecule is O=C(Nc1cccc(Cl)c1)C1NCCC1c1cc(Cl)cs1. The maximum Gasteiger partial charge on any atom is 0.242 e. The first kappa shape index (κ1) is 14.9. The Balaban J connectivity index is 1.74. The van der Waals surface area contributed by atoms with Crippen LogP contribution in [0.4, 0.5) is 5.69 Å². The normalized spacial score (nSPS) is 21.4. The number of anilines is 1. The van der Waals surface area contributed by atoms with Crippen molar-refractivity contribution in [1.82, 2.24) is 5.32 Å². The molecule has 3 nitrogen and oxygen atoms in total. The van der Waals surface area contributed by atoms with Gasteiger partial charge in [-0.3, -0.25) is 4.79 Å². The van der Waals surface area contributed by atoms with Gasteiger partial charge in [-0.1, -0.05) is 29.3 Å². The molecule has 2 atom stereocenters. The van der Waals surface area contributed by atoms with Crippen LogP contribution in [0.15, 0.2) is 35.7 Å². The summed E-state index contributed by atoms with van der Waals surface area (Å²) in [5.41, 5.74) is 0.712. The lowest BCUT2D eigenvalue weighted by Crippen LogP contribution is -2.38. The van der Waals surface area contributed by atoms with E-state index in [0.29, 0.717) is 10.7 Å². The molecule has 3 rings (SSSR count). The lowest BCUT2D eigenvalue weighted by molar-refractivity contribution is -0.118. The van der Waals surface area contributed by atoms with Gasteiger partial charge in [-0.2, -0.15) is 0 Å². The van der Waals surface area contributed by atoms with Gasteiger partial charge in [0.25, 0.3) is 0 Å². The number of benzene rings is 1. The van der Waals surface area contributed by atoms with E-state index in [2.05, 4.69) is 10.6 Å². The van der Waals surface area contributed by atoms with E-state index in [4.69, 9.17) is 23.2 Å². The predicted molar refractivity (Wildman–Crippen MR) is 88.6 cm³/mol. The molecule has 2 heterocycles. The van der Waals surface area contributed by atoms with Crippen LogP contribution in [0.2, 0.25) is 10.0 Å². The van der Waals surface area contributed by atoms with Crippen LogP contribution in [0.25, 0.3) is 0 Å². The molecule has 2 unspecified atom stereocenters. The second-order valence-corrected chi connectivity index (χ2v) is 6.81. The zero-order valence-electron chi connectivity index (χ0n) is 11.1. The van der Waals surface area contributed by atoms with Crippen LogP contribution < -0.4 is 10.6 Å². The molecule has 1 amide bonds. The molecule has 110 valence electrons. The standard InChI is InChI=1S/C15H14Cl2N2OS/c16-9-2-1-3-11(6-9)19-15(20)14-12(4-5-18-14)13-7-10(17)8-21-13/h1-3,6-8,12,14,18H,4-5H2,(H,19,20). The van der Waals surface area contributed by atoms with Crippen molar-refractivity contribution >= 4 is 46.1 Å². The number of halogens is 2. The third-order valence-electron chi connectivity index (χ3n) is 3.55. The fraction of sp³-hybridized carbons (Fsp3) is 0.267. The van der Waals surface area contributed by atoms with Crippen molar-refractivity contribution in [1.29, 1.82) is 0 Å². The average molecular weight is 341 g/mol. The first-order valence-electron chi connectivity index (χ1n) is 6.67. The van der Waals surface area contributed by atoms with Crippen molar-refractivity contribution in [3.63, 3.8) is 0 Å². The van der Waals surface area contributed by atoms with E-state index in [0.717, 1.165) is 22.9 Å². The van der Waals surface area contributed by atoms with Gasteiger partial charge >= 0.3 is 0 Å². The van der Waals surface area contributed by atoms with Crippen molar-refractivity contribution in [2.75, 3.05) is 11.9 Å². The largest absolute Gasteiger partial charge is 0.325 e. The summed E-state index contributed by atoms with van der Waals surface area (Å²) in [6.45, 7) is 0.827. The molecule has 1 saturated heterocycles. The minimum atomic E-state index is -0.237. The van der Waals surface area contributed by atoms with Crippen LogP contribution in [0.5, 0.6) is 0 Å². The smallest absolute Gasteiger partial charge is 0.242 e. The Morgan fingerprint density at radius 1 is 1.29 bits per heavy atom. The molecule has 0 radical (unpaired) electrons. The third kappa shape index (κ3) is 3.40. The van der Waals surface area contributed by atoms with E-state index in [1.54, 1.807) is 23.5 Å². The zero-order chi connectivity index (χ0) is 14.8. The number of hydrogen-bond donors (Lipinski definition) is 2. The molecule has 1 fully saturated rings. The molecule has 1 aromatic carbocycles. The highest BCUT2D eigenvalue weighted by Gasteiger charge is 2.34. The van der Waals surface area contributed by atoms with Crippen LogP contribution in [0.3, 0.4) is 0 Å². The molecule has 21 heavy (non-hydrogen) atoms. The highest BCUT2D eigenvalue weighted by atomic mass is 35.5. The van der Waals surface area contributed by atoms with Gasteiger partial charge in [-0.25, -0.2) is 0 Å². The number of carbonyl (C=O) groups excluding carboxylic acids is 1. The first-order valence-corrected chi connectivity index (χ1v) is 8.31. The predicted octanol–water partition coefficient (Wildman–Crippen LogP) is 4.14. The van der Waals surface area contributed by atoms with Gasteiger partial charge in [0.05, 0.1) is 11.1 Å². The van der Waals surface area contributed by atoms with Crippen LogP contribution in [0, 0.1) is 0 Å². The third-order valence-corrected chi connectivity index (χ3v) is 5.20. The van der Waals surface area contributed by atoms with Gasteiger partial charge in [-0.15, -0.1) is 11.3 Å². The quantitative estimate of drug-likeness (QED) is 0.881. The Kier molecular flexibility index (Phi) is 4.50. The fourth-order valence-electron chi connectivity index (χ4n) is 2.59. The second-order valence-electron chi connectivity index (χ2n) is 4.99. The molecule has 2 N–H and O–H groups in total. The van der Waals surface area contributed by atoms with E-state index in [1.807, 2.05) is 23.6 Å². The Morgan fingerprint density at radius 3 is 2.86 bits per heavy atom. The number of hydrogen-bond acceptors (Lipinski definition) is 3. The van der Waals surface area contributed by atoms with Crippen molar-refractivity contribution in [3.05, 3.63) is 50.6 Å². The zero-order valence-corrected chi connectivity index (χ0v) is 13.4. The monoisotopic (exact) mass is 340 g/mol.